The van der Waals surface area contributed by atoms with E-state index < -0.39 is 11.9 Å². The highest BCUT2D eigenvalue weighted by Gasteiger charge is 2.06. The number of aliphatic carboxylic acids is 1. The molecule has 0 amide bonds. The summed E-state index contributed by atoms with van der Waals surface area (Å²) in [7, 11) is 1.25. The van der Waals surface area contributed by atoms with Gasteiger partial charge in [-0.1, -0.05) is 129 Å². The number of hydrogen-bond acceptors (Lipinski definition) is 7. The first kappa shape index (κ1) is 44.3. The van der Waals surface area contributed by atoms with Gasteiger partial charge in [0.1, 0.15) is 0 Å². The van der Waals surface area contributed by atoms with Crippen LogP contribution in [0.2, 0.25) is 0 Å². The summed E-state index contributed by atoms with van der Waals surface area (Å²) in [6, 6.07) is 0. The van der Waals surface area contributed by atoms with Crippen LogP contribution in [0.15, 0.2) is 48.8 Å². The molecule has 0 fully saturated rings. The van der Waals surface area contributed by atoms with Crippen molar-refractivity contribution in [1.29, 1.82) is 0 Å². The number of ether oxygens (including phenoxy) is 3. The van der Waals surface area contributed by atoms with Crippen LogP contribution in [0.25, 0.3) is 0 Å². The molecule has 0 spiro atoms. The molecule has 0 saturated heterocycles. The van der Waals surface area contributed by atoms with Gasteiger partial charge in [-0.3, -0.25) is 4.79 Å². The third kappa shape index (κ3) is 36.8. The summed E-state index contributed by atoms with van der Waals surface area (Å²) in [5, 5.41) is 8.48. The number of methoxy groups -OCH3 is 1. The summed E-state index contributed by atoms with van der Waals surface area (Å²) in [5.74, 6) is -2.10. The van der Waals surface area contributed by atoms with Crippen molar-refractivity contribution >= 4 is 23.9 Å². The second-order valence-electron chi connectivity index (χ2n) is 10.5. The van der Waals surface area contributed by atoms with Gasteiger partial charge in [-0.15, -0.1) is 0 Å². The molecule has 248 valence electrons. The summed E-state index contributed by atoms with van der Waals surface area (Å²) < 4.78 is 13.6. The Hall–Kier alpha value is -3.16. The van der Waals surface area contributed by atoms with Crippen LogP contribution in [0, 0.1) is 0 Å². The first-order valence-electron chi connectivity index (χ1n) is 15.7. The van der Waals surface area contributed by atoms with E-state index in [1.807, 2.05) is 0 Å². The van der Waals surface area contributed by atoms with Crippen LogP contribution in [-0.2, 0) is 33.4 Å². The van der Waals surface area contributed by atoms with Gasteiger partial charge < -0.3 is 19.3 Å². The third-order valence-electron chi connectivity index (χ3n) is 6.29. The Bertz CT molecular complexity index is 826. The molecule has 0 aliphatic carbocycles. The fraction of sp³-hybridized carbons (Fsp3) is 0.657. The Morgan fingerprint density at radius 2 is 1.12 bits per heavy atom. The van der Waals surface area contributed by atoms with Gasteiger partial charge in [0.15, 0.2) is 0 Å². The van der Waals surface area contributed by atoms with Gasteiger partial charge in [-0.05, 0) is 26.7 Å². The summed E-state index contributed by atoms with van der Waals surface area (Å²) in [6.07, 6.45) is 24.5. The second kappa shape index (κ2) is 33.3. The van der Waals surface area contributed by atoms with E-state index in [9.17, 15) is 19.2 Å². The first-order valence-corrected chi connectivity index (χ1v) is 15.7. The minimum atomic E-state index is -1.00. The third-order valence-corrected chi connectivity index (χ3v) is 6.29. The summed E-state index contributed by atoms with van der Waals surface area (Å²) >= 11 is 0. The van der Waals surface area contributed by atoms with Crippen molar-refractivity contribution in [3.8, 4) is 0 Å². The largest absolute Gasteiger partial charge is 0.478 e. The summed E-state index contributed by atoms with van der Waals surface area (Å²) in [5.41, 5.74) is 0.916. The monoisotopic (exact) mass is 608 g/mol. The highest BCUT2D eigenvalue weighted by molar-refractivity contribution is 5.89. The van der Waals surface area contributed by atoms with Crippen molar-refractivity contribution in [3.05, 3.63) is 48.8 Å². The molecule has 1 N–H and O–H groups in total. The van der Waals surface area contributed by atoms with Crippen LogP contribution >= 0.6 is 0 Å². The van der Waals surface area contributed by atoms with Crippen molar-refractivity contribution in [2.45, 2.75) is 137 Å². The maximum absolute atomic E-state index is 11.2. The molecule has 0 atom stereocenters. The van der Waals surface area contributed by atoms with E-state index in [0.717, 1.165) is 12.7 Å². The highest BCUT2D eigenvalue weighted by Crippen LogP contribution is 2.13. The lowest BCUT2D eigenvalue weighted by Crippen LogP contribution is -2.05. The minimum Gasteiger partial charge on any atom is -0.478 e. The van der Waals surface area contributed by atoms with Crippen LogP contribution in [0.1, 0.15) is 137 Å². The van der Waals surface area contributed by atoms with E-state index >= 15 is 0 Å². The zero-order valence-electron chi connectivity index (χ0n) is 27.8. The molecule has 0 bridgehead atoms. The number of carbonyl (C=O) groups is 4. The Morgan fingerprint density at radius 3 is 1.42 bits per heavy atom. The second-order valence-corrected chi connectivity index (χ2v) is 10.5. The van der Waals surface area contributed by atoms with E-state index in [1.165, 1.54) is 123 Å². The molecule has 43 heavy (non-hydrogen) atoms. The average molecular weight is 609 g/mol. The maximum atomic E-state index is 11.2. The van der Waals surface area contributed by atoms with Gasteiger partial charge in [0, 0.05) is 23.6 Å². The number of carboxylic acid groups (broad SMARTS) is 1. The lowest BCUT2D eigenvalue weighted by atomic mass is 10.0. The minimum absolute atomic E-state index is 0.185. The molecule has 0 heterocycles. The zero-order valence-corrected chi connectivity index (χ0v) is 27.8. The van der Waals surface area contributed by atoms with E-state index in [1.54, 1.807) is 6.92 Å². The molecule has 0 aliphatic heterocycles. The number of carboxylic acids is 1. The number of esters is 3. The standard InChI is InChI=1S/C22H42O2.C9H12O4.C4H6O2/c1-4-5-6-7-8-9-10-11-12-13-14-15-16-17-18-19-20-24-22(23)21(2)3;1-6(8(10)11)4-5-7(2)9(12)13-3;1-3-6-4(2)5/h2,4-20H2,1,3H3;4H,2,5H2,1,3H3,(H,10,11);3H,1H2,2H3. The fourth-order valence-corrected chi connectivity index (χ4v) is 3.65. The SMILES string of the molecule is C=C(C)C(=O)OCCCCCCCCCCCCCCCCCC.C=C(CC=C(C)C(=O)O)C(=O)OC.C=COC(C)=O. The topological polar surface area (TPSA) is 116 Å². The number of unbranched alkanes of at least 4 members (excludes halogenated alkanes) is 15. The van der Waals surface area contributed by atoms with Crippen molar-refractivity contribution in [2.75, 3.05) is 13.7 Å². The number of rotatable bonds is 23. The van der Waals surface area contributed by atoms with Gasteiger partial charge in [0.2, 0.25) is 0 Å². The fourth-order valence-electron chi connectivity index (χ4n) is 3.65. The average Bonchev–Trinajstić information content (AvgIpc) is 2.97. The zero-order chi connectivity index (χ0) is 33.3. The molecular formula is C35H60O8. The van der Waals surface area contributed by atoms with Crippen molar-refractivity contribution in [2.24, 2.45) is 0 Å². The quantitative estimate of drug-likeness (QED) is 0.0401. The number of carbonyl (C=O) groups excluding carboxylic acids is 3. The van der Waals surface area contributed by atoms with Gasteiger partial charge in [0.25, 0.3) is 0 Å². The molecule has 0 saturated carbocycles. The molecule has 0 radical (unpaired) electrons. The Morgan fingerprint density at radius 1 is 0.698 bits per heavy atom. The van der Waals surface area contributed by atoms with Crippen LogP contribution in [0.4, 0.5) is 0 Å². The predicted octanol–water partition coefficient (Wildman–Crippen LogP) is 9.20. The molecule has 0 aliphatic rings. The van der Waals surface area contributed by atoms with Gasteiger partial charge in [-0.2, -0.15) is 0 Å². The van der Waals surface area contributed by atoms with E-state index in [0.29, 0.717) is 12.2 Å². The molecule has 0 rings (SSSR count). The maximum Gasteiger partial charge on any atom is 0.333 e. The summed E-state index contributed by atoms with van der Waals surface area (Å²) in [6.45, 7) is 17.5. The van der Waals surface area contributed by atoms with Gasteiger partial charge in [-0.25, -0.2) is 14.4 Å². The molecular weight excluding hydrogens is 548 g/mol. The van der Waals surface area contributed by atoms with Gasteiger partial charge >= 0.3 is 23.9 Å². The molecule has 0 aromatic carbocycles. The molecule has 0 aromatic heterocycles. The van der Waals surface area contributed by atoms with Crippen LogP contribution < -0.4 is 0 Å². The molecule has 0 unspecified atom stereocenters. The van der Waals surface area contributed by atoms with Crippen molar-refractivity contribution in [3.63, 3.8) is 0 Å². The van der Waals surface area contributed by atoms with E-state index in [-0.39, 0.29) is 29.5 Å². The smallest absolute Gasteiger partial charge is 0.333 e. The number of allylic oxidation sites excluding steroid dienone is 1. The molecule has 8 heteroatoms. The van der Waals surface area contributed by atoms with E-state index in [4.69, 9.17) is 9.84 Å². The lowest BCUT2D eigenvalue weighted by molar-refractivity contribution is -0.139. The van der Waals surface area contributed by atoms with Crippen molar-refractivity contribution in [1.82, 2.24) is 0 Å². The van der Waals surface area contributed by atoms with E-state index in [2.05, 4.69) is 36.1 Å². The predicted molar refractivity (Wildman–Crippen MR) is 174 cm³/mol. The van der Waals surface area contributed by atoms with Crippen molar-refractivity contribution < 1.29 is 38.5 Å². The Balaban J connectivity index is -0.000000698. The first-order chi connectivity index (χ1) is 20.4. The highest BCUT2D eigenvalue weighted by atomic mass is 16.5. The Labute approximate surface area is 261 Å². The number of hydrogen-bond donors (Lipinski definition) is 1. The van der Waals surface area contributed by atoms with Crippen LogP contribution in [0.5, 0.6) is 0 Å². The van der Waals surface area contributed by atoms with Crippen LogP contribution in [0.3, 0.4) is 0 Å². The van der Waals surface area contributed by atoms with Gasteiger partial charge in [0.05, 0.1) is 20.0 Å². The molecule has 8 nitrogen and oxygen atoms in total. The van der Waals surface area contributed by atoms with Crippen LogP contribution in [-0.4, -0.2) is 42.7 Å². The normalized spacial score (nSPS) is 10.2. The Kier molecular flexibility index (Phi) is 34.3. The summed E-state index contributed by atoms with van der Waals surface area (Å²) in [4.78, 5) is 42.1. The molecule has 0 aromatic rings. The lowest BCUT2D eigenvalue weighted by Gasteiger charge is -2.05.